The highest BCUT2D eigenvalue weighted by Crippen LogP contribution is 1.98. The van der Waals surface area contributed by atoms with Crippen LogP contribution in [0.1, 0.15) is 20.3 Å². The van der Waals surface area contributed by atoms with E-state index in [2.05, 4.69) is 18.8 Å². The third kappa shape index (κ3) is 4.44. The average Bonchev–Trinajstić information content (AvgIpc) is 2.20. The Morgan fingerprint density at radius 2 is 2.12 bits per heavy atom. The molecular formula is C11H18N2O3. The first-order chi connectivity index (χ1) is 7.59. The molecule has 0 aromatic carbocycles. The van der Waals surface area contributed by atoms with Crippen LogP contribution in [0.2, 0.25) is 0 Å². The molecule has 0 bridgehead atoms. The summed E-state index contributed by atoms with van der Waals surface area (Å²) >= 11 is 0. The number of nitrogens with zero attached hydrogens (tertiary/aromatic N) is 1. The van der Waals surface area contributed by atoms with E-state index in [1.165, 1.54) is 16.8 Å². The van der Waals surface area contributed by atoms with E-state index in [4.69, 9.17) is 4.74 Å². The summed E-state index contributed by atoms with van der Waals surface area (Å²) in [5.41, 5.74) is -0.762. The lowest BCUT2D eigenvalue weighted by atomic mass is 10.1. The van der Waals surface area contributed by atoms with Gasteiger partial charge in [0.2, 0.25) is 0 Å². The summed E-state index contributed by atoms with van der Waals surface area (Å²) in [4.78, 5) is 24.3. The number of hydrogen-bond donors (Lipinski definition) is 1. The van der Waals surface area contributed by atoms with Gasteiger partial charge in [-0.05, 0) is 12.3 Å². The molecule has 0 saturated heterocycles. The van der Waals surface area contributed by atoms with Crippen molar-refractivity contribution in [1.82, 2.24) is 9.55 Å². The van der Waals surface area contributed by atoms with Crippen LogP contribution in [-0.2, 0) is 11.3 Å². The Bertz CT molecular complexity index is 420. The highest BCUT2D eigenvalue weighted by atomic mass is 16.5. The zero-order chi connectivity index (χ0) is 12.0. The molecule has 0 unspecified atom stereocenters. The molecule has 0 saturated carbocycles. The van der Waals surface area contributed by atoms with E-state index in [1.54, 1.807) is 0 Å². The molecule has 5 heteroatoms. The molecule has 0 radical (unpaired) electrons. The molecule has 90 valence electrons. The summed E-state index contributed by atoms with van der Waals surface area (Å²) in [6.07, 6.45) is 2.49. The predicted octanol–water partition coefficient (Wildman–Crippen LogP) is 0.599. The Labute approximate surface area is 94.1 Å². The van der Waals surface area contributed by atoms with Crippen molar-refractivity contribution in [2.45, 2.75) is 26.8 Å². The first kappa shape index (κ1) is 12.7. The Hall–Kier alpha value is -1.36. The van der Waals surface area contributed by atoms with Crippen LogP contribution in [0.25, 0.3) is 0 Å². The minimum Gasteiger partial charge on any atom is -0.380 e. The fraction of sp³-hybridized carbons (Fsp3) is 0.636. The van der Waals surface area contributed by atoms with Gasteiger partial charge in [0.05, 0.1) is 13.2 Å². The number of H-pyrrole nitrogens is 1. The van der Waals surface area contributed by atoms with E-state index in [-0.39, 0.29) is 11.2 Å². The second-order valence-corrected chi connectivity index (χ2v) is 4.10. The maximum atomic E-state index is 11.3. The van der Waals surface area contributed by atoms with Gasteiger partial charge < -0.3 is 4.74 Å². The highest BCUT2D eigenvalue weighted by Gasteiger charge is 1.97. The number of ether oxygens (including phenoxy) is 1. The fourth-order valence-electron chi connectivity index (χ4n) is 1.20. The zero-order valence-corrected chi connectivity index (χ0v) is 9.73. The van der Waals surface area contributed by atoms with E-state index < -0.39 is 0 Å². The maximum Gasteiger partial charge on any atom is 0.328 e. The molecule has 0 amide bonds. The van der Waals surface area contributed by atoms with Gasteiger partial charge in [-0.15, -0.1) is 0 Å². The maximum absolute atomic E-state index is 11.3. The molecule has 0 spiro atoms. The van der Waals surface area contributed by atoms with Crippen LogP contribution in [0.3, 0.4) is 0 Å². The van der Waals surface area contributed by atoms with Crippen molar-refractivity contribution in [3.05, 3.63) is 33.1 Å². The van der Waals surface area contributed by atoms with Gasteiger partial charge in [-0.25, -0.2) is 4.79 Å². The number of nitrogens with one attached hydrogen (secondary N) is 1. The SMILES string of the molecule is CC(C)CCOCCn1ccc(=O)[nH]c1=O. The van der Waals surface area contributed by atoms with Crippen LogP contribution in [0, 0.1) is 5.92 Å². The summed E-state index contributed by atoms with van der Waals surface area (Å²) in [5.74, 6) is 0.621. The summed E-state index contributed by atoms with van der Waals surface area (Å²) < 4.78 is 6.81. The molecule has 16 heavy (non-hydrogen) atoms. The van der Waals surface area contributed by atoms with Crippen molar-refractivity contribution in [3.63, 3.8) is 0 Å². The number of hydrogen-bond acceptors (Lipinski definition) is 3. The minimum absolute atomic E-state index is 0.373. The standard InChI is InChI=1S/C11H18N2O3/c1-9(2)4-7-16-8-6-13-5-3-10(14)12-11(13)15/h3,5,9H,4,6-8H2,1-2H3,(H,12,14,15). The van der Waals surface area contributed by atoms with Gasteiger partial charge >= 0.3 is 5.69 Å². The van der Waals surface area contributed by atoms with Gasteiger partial charge in [0.1, 0.15) is 0 Å². The molecule has 0 aliphatic heterocycles. The van der Waals surface area contributed by atoms with Crippen molar-refractivity contribution in [2.24, 2.45) is 5.92 Å². The van der Waals surface area contributed by atoms with Crippen LogP contribution in [-0.4, -0.2) is 22.8 Å². The van der Waals surface area contributed by atoms with Gasteiger partial charge in [-0.3, -0.25) is 14.3 Å². The summed E-state index contributed by atoms with van der Waals surface area (Å²) in [7, 11) is 0. The van der Waals surface area contributed by atoms with E-state index in [0.29, 0.717) is 25.7 Å². The van der Waals surface area contributed by atoms with Crippen molar-refractivity contribution < 1.29 is 4.74 Å². The lowest BCUT2D eigenvalue weighted by Crippen LogP contribution is -2.29. The molecule has 1 aromatic rings. The molecule has 1 aromatic heterocycles. The van der Waals surface area contributed by atoms with Crippen molar-refractivity contribution in [1.29, 1.82) is 0 Å². The molecule has 1 heterocycles. The van der Waals surface area contributed by atoms with E-state index >= 15 is 0 Å². The predicted molar refractivity (Wildman–Crippen MR) is 61.6 cm³/mol. The summed E-state index contributed by atoms with van der Waals surface area (Å²) in [6.45, 7) is 5.92. The van der Waals surface area contributed by atoms with Crippen LogP contribution in [0.15, 0.2) is 21.9 Å². The van der Waals surface area contributed by atoms with Crippen LogP contribution in [0.5, 0.6) is 0 Å². The Kier molecular flexibility index (Phi) is 4.98. The molecular weight excluding hydrogens is 208 g/mol. The van der Waals surface area contributed by atoms with E-state index in [0.717, 1.165) is 6.42 Å². The second kappa shape index (κ2) is 6.27. The fourth-order valence-corrected chi connectivity index (χ4v) is 1.20. The van der Waals surface area contributed by atoms with Crippen molar-refractivity contribution >= 4 is 0 Å². The monoisotopic (exact) mass is 226 g/mol. The van der Waals surface area contributed by atoms with Crippen molar-refractivity contribution in [3.8, 4) is 0 Å². The third-order valence-corrected chi connectivity index (χ3v) is 2.21. The lowest BCUT2D eigenvalue weighted by Gasteiger charge is -2.07. The Morgan fingerprint density at radius 1 is 1.38 bits per heavy atom. The first-order valence-corrected chi connectivity index (χ1v) is 5.47. The van der Waals surface area contributed by atoms with Crippen LogP contribution in [0.4, 0.5) is 0 Å². The normalized spacial score (nSPS) is 10.9. The Balaban J connectivity index is 2.32. The van der Waals surface area contributed by atoms with Crippen LogP contribution >= 0.6 is 0 Å². The first-order valence-electron chi connectivity index (χ1n) is 5.47. The van der Waals surface area contributed by atoms with Crippen molar-refractivity contribution in [2.75, 3.05) is 13.2 Å². The van der Waals surface area contributed by atoms with Gasteiger partial charge in [0.15, 0.2) is 0 Å². The average molecular weight is 226 g/mol. The molecule has 0 aliphatic rings. The highest BCUT2D eigenvalue weighted by molar-refractivity contribution is 4.82. The molecule has 1 rings (SSSR count). The lowest BCUT2D eigenvalue weighted by molar-refractivity contribution is 0.115. The molecule has 0 fully saturated rings. The summed E-state index contributed by atoms with van der Waals surface area (Å²) in [5, 5.41) is 0. The van der Waals surface area contributed by atoms with E-state index in [1.807, 2.05) is 0 Å². The number of rotatable bonds is 6. The van der Waals surface area contributed by atoms with Gasteiger partial charge in [0.25, 0.3) is 5.56 Å². The minimum atomic E-state index is -0.389. The largest absolute Gasteiger partial charge is 0.380 e. The number of aromatic amines is 1. The van der Waals surface area contributed by atoms with Crippen LogP contribution < -0.4 is 11.2 Å². The van der Waals surface area contributed by atoms with E-state index in [9.17, 15) is 9.59 Å². The summed E-state index contributed by atoms with van der Waals surface area (Å²) in [6, 6.07) is 1.33. The smallest absolute Gasteiger partial charge is 0.328 e. The van der Waals surface area contributed by atoms with Gasteiger partial charge in [0, 0.05) is 18.9 Å². The molecule has 1 N–H and O–H groups in total. The van der Waals surface area contributed by atoms with Gasteiger partial charge in [-0.1, -0.05) is 13.8 Å². The zero-order valence-electron chi connectivity index (χ0n) is 9.73. The quantitative estimate of drug-likeness (QED) is 0.722. The molecule has 0 atom stereocenters. The third-order valence-electron chi connectivity index (χ3n) is 2.21. The molecule has 0 aliphatic carbocycles. The van der Waals surface area contributed by atoms with Gasteiger partial charge in [-0.2, -0.15) is 0 Å². The number of aromatic nitrogens is 2. The second-order valence-electron chi connectivity index (χ2n) is 4.10. The Morgan fingerprint density at radius 3 is 2.75 bits per heavy atom. The molecule has 5 nitrogen and oxygen atoms in total. The topological polar surface area (TPSA) is 64.1 Å².